The molecule has 5 heteroatoms. The van der Waals surface area contributed by atoms with Crippen LogP contribution in [0.15, 0.2) is 0 Å². The zero-order chi connectivity index (χ0) is 7.72. The van der Waals surface area contributed by atoms with Gasteiger partial charge in [0.25, 0.3) is 0 Å². The Labute approximate surface area is 77.5 Å². The maximum atomic E-state index is 5.68. The van der Waals surface area contributed by atoms with Crippen LogP contribution in [0.25, 0.3) is 0 Å². The molecule has 0 saturated carbocycles. The highest BCUT2D eigenvalue weighted by Gasteiger charge is 2.13. The number of ether oxygens (including phenoxy) is 1. The summed E-state index contributed by atoms with van der Waals surface area (Å²) in [6.07, 6.45) is 0. The molecule has 0 aromatic carbocycles. The van der Waals surface area contributed by atoms with Gasteiger partial charge in [-0.1, -0.05) is 34.8 Å². The van der Waals surface area contributed by atoms with Crippen LogP contribution >= 0.6 is 46.1 Å². The molecule has 0 bridgehead atoms. The molecule has 0 N–H and O–H groups in total. The summed E-state index contributed by atoms with van der Waals surface area (Å²) in [6, 6.07) is 0. The van der Waals surface area contributed by atoms with Crippen LogP contribution in [-0.2, 0) is 0 Å². The molecule has 10 heavy (non-hydrogen) atoms. The molecule has 0 amide bonds. The second kappa shape index (κ2) is 3.18. The van der Waals surface area contributed by atoms with Crippen LogP contribution in [0.1, 0.15) is 0 Å². The Morgan fingerprint density at radius 1 is 1.20 bits per heavy atom. The number of hydrogen-bond donors (Lipinski definition) is 0. The minimum absolute atomic E-state index is 0.388. The van der Waals surface area contributed by atoms with E-state index in [1.807, 2.05) is 0 Å². The summed E-state index contributed by atoms with van der Waals surface area (Å²) in [4.78, 5) is 0. The Morgan fingerprint density at radius 3 is 2.00 bits per heavy atom. The number of methoxy groups -OCH3 is 1. The van der Waals surface area contributed by atoms with Crippen molar-refractivity contribution < 1.29 is 4.74 Å². The average molecular weight is 218 g/mol. The maximum absolute atomic E-state index is 5.68. The first-order valence-corrected chi connectivity index (χ1v) is 4.29. The number of thiophene rings is 1. The predicted octanol–water partition coefficient (Wildman–Crippen LogP) is 3.72. The molecule has 1 heterocycles. The normalized spacial score (nSPS) is 10.0. The van der Waals surface area contributed by atoms with E-state index in [1.54, 1.807) is 0 Å². The van der Waals surface area contributed by atoms with Gasteiger partial charge in [-0.2, -0.15) is 0 Å². The Morgan fingerprint density at radius 2 is 1.80 bits per heavy atom. The van der Waals surface area contributed by atoms with Gasteiger partial charge in [0.05, 0.1) is 7.11 Å². The minimum atomic E-state index is 0.388. The van der Waals surface area contributed by atoms with Gasteiger partial charge in [-0.05, 0) is 0 Å². The highest BCUT2D eigenvalue weighted by Crippen LogP contribution is 2.45. The molecule has 0 aliphatic carbocycles. The quantitative estimate of drug-likeness (QED) is 0.697. The van der Waals surface area contributed by atoms with Gasteiger partial charge < -0.3 is 4.74 Å². The van der Waals surface area contributed by atoms with E-state index in [9.17, 15) is 0 Å². The van der Waals surface area contributed by atoms with E-state index in [0.717, 1.165) is 0 Å². The molecule has 0 unspecified atom stereocenters. The first-order valence-electron chi connectivity index (χ1n) is 2.34. The van der Waals surface area contributed by atoms with Gasteiger partial charge in [-0.3, -0.25) is 0 Å². The van der Waals surface area contributed by atoms with Crippen LogP contribution in [0.3, 0.4) is 0 Å². The first kappa shape index (κ1) is 8.47. The second-order valence-electron chi connectivity index (χ2n) is 1.50. The minimum Gasteiger partial charge on any atom is -0.493 e. The van der Waals surface area contributed by atoms with Gasteiger partial charge in [0.1, 0.15) is 13.7 Å². The lowest BCUT2D eigenvalue weighted by Gasteiger charge is -1.94. The summed E-state index contributed by atoms with van der Waals surface area (Å²) >= 11 is 18.2. The van der Waals surface area contributed by atoms with Crippen molar-refractivity contribution in [3.8, 4) is 5.75 Å². The fraction of sp³-hybridized carbons (Fsp3) is 0.200. The number of halogens is 3. The van der Waals surface area contributed by atoms with E-state index in [4.69, 9.17) is 39.5 Å². The van der Waals surface area contributed by atoms with Crippen LogP contribution in [-0.4, -0.2) is 7.11 Å². The van der Waals surface area contributed by atoms with Gasteiger partial charge >= 0.3 is 0 Å². The molecular weight excluding hydrogens is 214 g/mol. The summed E-state index contributed by atoms with van der Waals surface area (Å²) in [5, 5.41) is 0.388. The van der Waals surface area contributed by atoms with Crippen LogP contribution in [0.4, 0.5) is 0 Å². The molecule has 0 aliphatic heterocycles. The van der Waals surface area contributed by atoms with Crippen molar-refractivity contribution in [1.82, 2.24) is 0 Å². The van der Waals surface area contributed by atoms with Crippen LogP contribution in [0, 0.1) is 0 Å². The predicted molar refractivity (Wildman–Crippen MR) is 45.9 cm³/mol. The molecule has 0 saturated heterocycles. The topological polar surface area (TPSA) is 9.23 Å². The van der Waals surface area contributed by atoms with Crippen LogP contribution < -0.4 is 4.74 Å². The van der Waals surface area contributed by atoms with E-state index in [-0.39, 0.29) is 0 Å². The van der Waals surface area contributed by atoms with E-state index in [0.29, 0.717) is 19.4 Å². The summed E-state index contributed by atoms with van der Waals surface area (Å²) in [5.74, 6) is 0.457. The SMILES string of the molecule is COc1c(Cl)sc(Cl)c1Cl. The van der Waals surface area contributed by atoms with Gasteiger partial charge in [-0.25, -0.2) is 0 Å². The summed E-state index contributed by atoms with van der Waals surface area (Å²) in [6.45, 7) is 0. The standard InChI is InChI=1S/C5H3Cl3OS/c1-9-3-2(6)4(7)10-5(3)8/h1H3. The van der Waals surface area contributed by atoms with Crippen molar-refractivity contribution in [2.75, 3.05) is 7.11 Å². The summed E-state index contributed by atoms with van der Waals surface area (Å²) in [7, 11) is 1.50. The Hall–Kier alpha value is 0.370. The Balaban J connectivity index is 3.20. The lowest BCUT2D eigenvalue weighted by molar-refractivity contribution is 0.417. The lowest BCUT2D eigenvalue weighted by Crippen LogP contribution is -1.79. The molecule has 0 aliphatic rings. The van der Waals surface area contributed by atoms with Crippen LogP contribution in [0.5, 0.6) is 5.75 Å². The van der Waals surface area contributed by atoms with Gasteiger partial charge in [0.2, 0.25) is 0 Å². The van der Waals surface area contributed by atoms with Crippen molar-refractivity contribution in [2.24, 2.45) is 0 Å². The maximum Gasteiger partial charge on any atom is 0.168 e. The van der Waals surface area contributed by atoms with E-state index in [1.165, 1.54) is 18.4 Å². The fourth-order valence-corrected chi connectivity index (χ4v) is 2.36. The van der Waals surface area contributed by atoms with Gasteiger partial charge in [0.15, 0.2) is 5.75 Å². The van der Waals surface area contributed by atoms with Crippen molar-refractivity contribution in [3.05, 3.63) is 13.7 Å². The number of hydrogen-bond acceptors (Lipinski definition) is 2. The second-order valence-corrected chi connectivity index (χ2v) is 4.10. The van der Waals surface area contributed by atoms with Crippen molar-refractivity contribution in [1.29, 1.82) is 0 Å². The molecule has 1 nitrogen and oxygen atoms in total. The van der Waals surface area contributed by atoms with E-state index < -0.39 is 0 Å². The summed E-state index contributed by atoms with van der Waals surface area (Å²) in [5.41, 5.74) is 0. The van der Waals surface area contributed by atoms with E-state index >= 15 is 0 Å². The molecule has 0 atom stereocenters. The molecule has 1 aromatic rings. The Bertz CT molecular complexity index is 245. The molecule has 56 valence electrons. The van der Waals surface area contributed by atoms with Crippen molar-refractivity contribution in [2.45, 2.75) is 0 Å². The van der Waals surface area contributed by atoms with Gasteiger partial charge in [-0.15, -0.1) is 11.3 Å². The highest BCUT2D eigenvalue weighted by atomic mass is 35.5. The molecular formula is C5H3Cl3OS. The van der Waals surface area contributed by atoms with Gasteiger partial charge in [0, 0.05) is 0 Å². The Kier molecular flexibility index (Phi) is 2.69. The first-order chi connectivity index (χ1) is 4.66. The highest BCUT2D eigenvalue weighted by molar-refractivity contribution is 7.21. The molecule has 0 radical (unpaired) electrons. The zero-order valence-electron chi connectivity index (χ0n) is 4.95. The van der Waals surface area contributed by atoms with E-state index in [2.05, 4.69) is 0 Å². The van der Waals surface area contributed by atoms with Crippen molar-refractivity contribution in [3.63, 3.8) is 0 Å². The number of rotatable bonds is 1. The summed E-state index contributed by atoms with van der Waals surface area (Å²) < 4.78 is 5.80. The average Bonchev–Trinajstić information content (AvgIpc) is 2.09. The lowest BCUT2D eigenvalue weighted by atomic mass is 10.6. The molecule has 1 rings (SSSR count). The molecule has 0 fully saturated rings. The largest absolute Gasteiger partial charge is 0.493 e. The smallest absolute Gasteiger partial charge is 0.168 e. The van der Waals surface area contributed by atoms with Crippen LogP contribution in [0.2, 0.25) is 13.7 Å². The monoisotopic (exact) mass is 216 g/mol. The third-order valence-corrected chi connectivity index (χ3v) is 3.07. The molecule has 1 aromatic heterocycles. The third-order valence-electron chi connectivity index (χ3n) is 0.934. The van der Waals surface area contributed by atoms with Crippen molar-refractivity contribution >= 4 is 46.1 Å². The molecule has 0 spiro atoms. The zero-order valence-corrected chi connectivity index (χ0v) is 8.03. The third kappa shape index (κ3) is 1.35. The fourth-order valence-electron chi connectivity index (χ4n) is 0.515.